The minimum Gasteiger partial charge on any atom is -0.360 e. The van der Waals surface area contributed by atoms with Crippen LogP contribution in [-0.2, 0) is 10.0 Å². The Labute approximate surface area is 211 Å². The third-order valence-corrected chi connectivity index (χ3v) is 6.85. The zero-order valence-corrected chi connectivity index (χ0v) is 19.9. The summed E-state index contributed by atoms with van der Waals surface area (Å²) in [5.41, 5.74) is 1.88. The van der Waals surface area contributed by atoms with Crippen molar-refractivity contribution < 1.29 is 26.8 Å². The van der Waals surface area contributed by atoms with Gasteiger partial charge >= 0.3 is 0 Å². The molecule has 186 valence electrons. The highest BCUT2D eigenvalue weighted by Crippen LogP contribution is 2.28. The molecule has 5 aromatic rings. The number of carbonyl (C=O) groups is 2. The first-order valence-corrected chi connectivity index (χ1v) is 12.3. The number of rotatable bonds is 6. The normalized spacial score (nSPS) is 10.9. The molecule has 5 rings (SSSR count). The van der Waals surface area contributed by atoms with Crippen LogP contribution in [0.1, 0.15) is 20.7 Å². The molecule has 0 aliphatic rings. The minimum atomic E-state index is -4.04. The van der Waals surface area contributed by atoms with Crippen molar-refractivity contribution in [1.29, 1.82) is 0 Å². The number of aromatic nitrogens is 3. The molecule has 3 heterocycles. The first-order chi connectivity index (χ1) is 17.8. The van der Waals surface area contributed by atoms with Crippen LogP contribution in [0, 0.1) is 11.6 Å². The summed E-state index contributed by atoms with van der Waals surface area (Å²) in [4.78, 5) is 28.1. The van der Waals surface area contributed by atoms with Crippen molar-refractivity contribution in [2.75, 3.05) is 0 Å². The van der Waals surface area contributed by atoms with Gasteiger partial charge in [-0.15, -0.1) is 0 Å². The Morgan fingerprint density at radius 1 is 0.784 bits per heavy atom. The number of H-pyrrole nitrogens is 1. The molecule has 0 saturated carbocycles. The summed E-state index contributed by atoms with van der Waals surface area (Å²) in [5.74, 6) is -0.882. The van der Waals surface area contributed by atoms with Crippen molar-refractivity contribution in [1.82, 2.24) is 13.9 Å². The highest BCUT2D eigenvalue weighted by molar-refractivity contribution is 7.90. The van der Waals surface area contributed by atoms with E-state index in [-0.39, 0.29) is 27.7 Å². The van der Waals surface area contributed by atoms with E-state index in [0.717, 1.165) is 16.5 Å². The molecule has 3 aromatic heterocycles. The fourth-order valence-corrected chi connectivity index (χ4v) is 4.82. The van der Waals surface area contributed by atoms with E-state index in [4.69, 9.17) is 0 Å². The first-order valence-electron chi connectivity index (χ1n) is 10.8. The summed E-state index contributed by atoms with van der Waals surface area (Å²) in [6, 6.07) is 19.6. The molecule has 0 amide bonds. The van der Waals surface area contributed by atoms with Gasteiger partial charge in [-0.2, -0.15) is 8.42 Å². The van der Waals surface area contributed by atoms with Gasteiger partial charge < -0.3 is 4.98 Å². The predicted octanol–water partition coefficient (Wildman–Crippen LogP) is 5.37. The van der Waals surface area contributed by atoms with Gasteiger partial charge in [-0.3, -0.25) is 9.59 Å². The second-order valence-electron chi connectivity index (χ2n) is 7.67. The number of nitrogens with one attached hydrogen (secondary N) is 1. The number of pyridine rings is 1. The molecule has 0 radical (unpaired) electrons. The lowest BCUT2D eigenvalue weighted by molar-refractivity contribution is 0.111. The topological polar surface area (TPSA) is 102 Å². The van der Waals surface area contributed by atoms with E-state index < -0.39 is 15.8 Å². The van der Waals surface area contributed by atoms with Crippen molar-refractivity contribution >= 4 is 22.6 Å². The fourth-order valence-electron chi connectivity index (χ4n) is 3.51. The third kappa shape index (κ3) is 5.44. The van der Waals surface area contributed by atoms with Crippen LogP contribution in [0.4, 0.5) is 8.78 Å². The minimum absolute atomic E-state index is 0.0656. The van der Waals surface area contributed by atoms with Crippen molar-refractivity contribution in [3.05, 3.63) is 120 Å². The van der Waals surface area contributed by atoms with Gasteiger partial charge in [0, 0.05) is 46.5 Å². The largest absolute Gasteiger partial charge is 0.360 e. The second-order valence-corrected chi connectivity index (χ2v) is 9.43. The van der Waals surface area contributed by atoms with Crippen LogP contribution < -0.4 is 0 Å². The highest BCUT2D eigenvalue weighted by Gasteiger charge is 2.24. The Morgan fingerprint density at radius 2 is 1.41 bits per heavy atom. The van der Waals surface area contributed by atoms with E-state index in [1.807, 2.05) is 0 Å². The summed E-state index contributed by atoms with van der Waals surface area (Å²) in [6.07, 6.45) is 5.28. The summed E-state index contributed by atoms with van der Waals surface area (Å²) >= 11 is 0. The number of carbonyl (C=O) groups excluding carboxylic acids is 2. The molecule has 0 atom stereocenters. The monoisotopic (exact) mass is 519 g/mol. The molecule has 0 unspecified atom stereocenters. The van der Waals surface area contributed by atoms with Gasteiger partial charge in [-0.25, -0.2) is 17.7 Å². The SMILES string of the molecule is O=Cc1c[nH]c(-c2ccccc2F)c1.O=Cc1cc(-c2ccccc2F)n(S(=O)(=O)c2ccccn2)c1. The third-order valence-electron chi connectivity index (χ3n) is 5.26. The quantitative estimate of drug-likeness (QED) is 0.304. The Balaban J connectivity index is 0.000000195. The van der Waals surface area contributed by atoms with E-state index in [2.05, 4.69) is 9.97 Å². The van der Waals surface area contributed by atoms with Crippen LogP contribution in [0.25, 0.3) is 22.5 Å². The van der Waals surface area contributed by atoms with Crippen molar-refractivity contribution in [3.8, 4) is 22.5 Å². The van der Waals surface area contributed by atoms with E-state index in [9.17, 15) is 26.8 Å². The maximum absolute atomic E-state index is 14.0. The van der Waals surface area contributed by atoms with Crippen molar-refractivity contribution in [2.45, 2.75) is 5.03 Å². The number of aldehydes is 2. The lowest BCUT2D eigenvalue weighted by atomic mass is 10.1. The molecule has 37 heavy (non-hydrogen) atoms. The number of nitrogens with zero attached hydrogens (tertiary/aromatic N) is 2. The van der Waals surface area contributed by atoms with Gasteiger partial charge in [0.05, 0.1) is 5.69 Å². The van der Waals surface area contributed by atoms with Gasteiger partial charge in [-0.05, 0) is 48.5 Å². The van der Waals surface area contributed by atoms with Crippen LogP contribution >= 0.6 is 0 Å². The number of benzene rings is 2. The molecule has 0 aliphatic carbocycles. The van der Waals surface area contributed by atoms with Gasteiger partial charge in [-0.1, -0.05) is 30.3 Å². The van der Waals surface area contributed by atoms with Gasteiger partial charge in [0.1, 0.15) is 11.6 Å². The standard InChI is InChI=1S/C16H11FN2O3S.C11H8FNO/c17-14-6-2-1-5-13(14)15-9-12(11-20)10-19(15)23(21,22)16-7-3-4-8-18-16;12-10-4-2-1-3-9(10)11-5-8(7-14)6-13-11/h1-11H;1-7,13H. The average molecular weight is 520 g/mol. The van der Waals surface area contributed by atoms with Crippen molar-refractivity contribution in [2.24, 2.45) is 0 Å². The van der Waals surface area contributed by atoms with Gasteiger partial charge in [0.2, 0.25) is 0 Å². The number of hydrogen-bond donors (Lipinski definition) is 1. The lowest BCUT2D eigenvalue weighted by Gasteiger charge is -2.10. The summed E-state index contributed by atoms with van der Waals surface area (Å²) in [6.45, 7) is 0. The number of aromatic amines is 1. The Morgan fingerprint density at radius 3 is 1.97 bits per heavy atom. The molecular formula is C27H19F2N3O4S. The summed E-state index contributed by atoms with van der Waals surface area (Å²) in [5, 5.41) is -0.189. The summed E-state index contributed by atoms with van der Waals surface area (Å²) < 4.78 is 53.7. The van der Waals surface area contributed by atoms with Crippen molar-refractivity contribution in [3.63, 3.8) is 0 Å². The van der Waals surface area contributed by atoms with Crippen LogP contribution in [0.15, 0.2) is 102 Å². The fraction of sp³-hybridized carbons (Fsp3) is 0. The molecule has 0 fully saturated rings. The molecule has 2 aromatic carbocycles. The molecule has 0 saturated heterocycles. The Hall–Kier alpha value is -4.70. The van der Waals surface area contributed by atoms with E-state index in [0.29, 0.717) is 23.1 Å². The number of halogens is 2. The Kier molecular flexibility index (Phi) is 7.49. The molecule has 0 bridgehead atoms. The van der Waals surface area contributed by atoms with Crippen LogP contribution in [0.2, 0.25) is 0 Å². The first kappa shape index (κ1) is 25.4. The lowest BCUT2D eigenvalue weighted by Crippen LogP contribution is -2.14. The molecule has 0 spiro atoms. The van der Waals surface area contributed by atoms with E-state index in [1.165, 1.54) is 48.7 Å². The molecule has 10 heteroatoms. The molecular weight excluding hydrogens is 500 g/mol. The smallest absolute Gasteiger partial charge is 0.285 e. The maximum Gasteiger partial charge on any atom is 0.285 e. The molecule has 0 aliphatic heterocycles. The van der Waals surface area contributed by atoms with Crippen LogP contribution in [0.5, 0.6) is 0 Å². The van der Waals surface area contributed by atoms with Gasteiger partial charge in [0.15, 0.2) is 17.6 Å². The Bertz CT molecular complexity index is 1660. The molecule has 1 N–H and O–H groups in total. The highest BCUT2D eigenvalue weighted by atomic mass is 32.2. The van der Waals surface area contributed by atoms with E-state index >= 15 is 0 Å². The zero-order valence-electron chi connectivity index (χ0n) is 19.1. The summed E-state index contributed by atoms with van der Waals surface area (Å²) in [7, 11) is -4.04. The molecule has 7 nitrogen and oxygen atoms in total. The second kappa shape index (κ2) is 10.9. The number of hydrogen-bond acceptors (Lipinski definition) is 5. The predicted molar refractivity (Wildman–Crippen MR) is 134 cm³/mol. The van der Waals surface area contributed by atoms with E-state index in [1.54, 1.807) is 42.6 Å². The van der Waals surface area contributed by atoms with Crippen LogP contribution in [-0.4, -0.2) is 34.9 Å². The van der Waals surface area contributed by atoms with Crippen LogP contribution in [0.3, 0.4) is 0 Å². The van der Waals surface area contributed by atoms with Gasteiger partial charge in [0.25, 0.3) is 10.0 Å². The zero-order chi connectivity index (χ0) is 26.4. The maximum atomic E-state index is 14.0. The average Bonchev–Trinajstić information content (AvgIpc) is 3.58.